The van der Waals surface area contributed by atoms with Gasteiger partial charge in [-0.3, -0.25) is 0 Å². The Morgan fingerprint density at radius 2 is 0.953 bits per heavy atom. The minimum Gasteiger partial charge on any atom is -0.467 e. The van der Waals surface area contributed by atoms with Gasteiger partial charge in [0.05, 0.1) is 0 Å². The van der Waals surface area contributed by atoms with E-state index in [0.29, 0.717) is 0 Å². The molecule has 5 heteroatoms. The topological polar surface area (TPSA) is 36.9 Å². The largest absolute Gasteiger partial charge is 0.467 e. The maximum Gasteiger partial charge on any atom is 0.188 e. The minimum atomic E-state index is -1.01. The van der Waals surface area contributed by atoms with E-state index in [1.165, 1.54) is 63.9 Å². The number of benzene rings is 3. The molecule has 43 heavy (non-hydrogen) atoms. The fourth-order valence-electron chi connectivity index (χ4n) is 5.52. The van der Waals surface area contributed by atoms with Gasteiger partial charge in [-0.15, -0.1) is 0 Å². The van der Waals surface area contributed by atoms with Crippen molar-refractivity contribution < 1.29 is 18.9 Å². The van der Waals surface area contributed by atoms with Crippen LogP contribution in [0.5, 0.6) is 11.5 Å². The summed E-state index contributed by atoms with van der Waals surface area (Å²) >= 11 is 0. The molecule has 0 atom stereocenters. The maximum atomic E-state index is 6.54. The fraction of sp³-hybridized carbons (Fsp3) is 0.526. The van der Waals surface area contributed by atoms with Crippen molar-refractivity contribution in [2.45, 2.75) is 105 Å². The molecule has 3 rings (SSSR count). The molecular weight excluding hydrogens is 551 g/mol. The molecule has 0 aliphatic carbocycles. The first-order valence-electron chi connectivity index (χ1n) is 16.5. The molecule has 3 aromatic rings. The molecule has 0 fully saturated rings. The normalized spacial score (nSPS) is 11.3. The molecule has 0 N–H and O–H groups in total. The lowest BCUT2D eigenvalue weighted by atomic mass is 10.0. The van der Waals surface area contributed by atoms with E-state index in [2.05, 4.69) is 82.3 Å². The summed E-state index contributed by atoms with van der Waals surface area (Å²) in [7, 11) is 2.40. The van der Waals surface area contributed by atoms with Crippen molar-refractivity contribution in [1.82, 2.24) is 0 Å². The van der Waals surface area contributed by atoms with Crippen LogP contribution in [0.15, 0.2) is 54.6 Å². The van der Waals surface area contributed by atoms with Gasteiger partial charge in [0.2, 0.25) is 0 Å². The van der Waals surface area contributed by atoms with Gasteiger partial charge in [0.25, 0.3) is 0 Å². The highest BCUT2D eigenvalue weighted by Crippen LogP contribution is 2.43. The zero-order valence-electron chi connectivity index (χ0n) is 27.7. The molecule has 0 aromatic heterocycles. The van der Waals surface area contributed by atoms with E-state index in [1.807, 2.05) is 0 Å². The third kappa shape index (κ3) is 10.3. The number of hydrogen-bond acceptors (Lipinski definition) is 4. The number of methoxy groups -OCH3 is 2. The van der Waals surface area contributed by atoms with E-state index in [9.17, 15) is 0 Å². The third-order valence-corrected chi connectivity index (χ3v) is 10.2. The molecule has 0 heterocycles. The second kappa shape index (κ2) is 19.8. The summed E-state index contributed by atoms with van der Waals surface area (Å²) in [6, 6.07) is 20.6. The zero-order chi connectivity index (χ0) is 30.9. The minimum absolute atomic E-state index is 0.226. The second-order valence-electron chi connectivity index (χ2n) is 11.4. The van der Waals surface area contributed by atoms with Gasteiger partial charge >= 0.3 is 0 Å². The average molecular weight is 607 g/mol. The standard InChI is InChI=1S/C38H55O4P/c1-7-11-18-30-24-32(20-13-9-3)37(41-28-39-5)35(26-30)43(34-22-16-15-17-23-34)36-27-31(19-12-8-2)25-33(21-14-10-4)38(36)42-29-40-6/h15-17,22-27H,7-14,18-21,28-29H2,1-6H3. The quantitative estimate of drug-likeness (QED) is 0.0897. The van der Waals surface area contributed by atoms with Gasteiger partial charge in [-0.1, -0.05) is 95.8 Å². The molecule has 0 amide bonds. The van der Waals surface area contributed by atoms with Gasteiger partial charge in [0.15, 0.2) is 13.6 Å². The van der Waals surface area contributed by atoms with Gasteiger partial charge in [-0.25, -0.2) is 0 Å². The summed E-state index contributed by atoms with van der Waals surface area (Å²) in [5.74, 6) is 1.97. The first-order valence-corrected chi connectivity index (χ1v) is 17.9. The molecular formula is C38H55O4P. The number of unbranched alkanes of at least 4 members (excludes halogenated alkanes) is 4. The van der Waals surface area contributed by atoms with Gasteiger partial charge in [0, 0.05) is 24.8 Å². The highest BCUT2D eigenvalue weighted by molar-refractivity contribution is 7.80. The van der Waals surface area contributed by atoms with Gasteiger partial charge < -0.3 is 18.9 Å². The SMILES string of the molecule is CCCCc1cc(CCCC)c(OCOC)c(P(c2ccccc2)c2cc(CCCC)cc(CCCC)c2OCOC)c1. The monoisotopic (exact) mass is 606 g/mol. The van der Waals surface area contributed by atoms with Crippen LogP contribution in [0.3, 0.4) is 0 Å². The molecule has 0 saturated heterocycles. The van der Waals surface area contributed by atoms with Gasteiger partial charge in [-0.2, -0.15) is 0 Å². The van der Waals surface area contributed by atoms with Crippen molar-refractivity contribution in [3.8, 4) is 11.5 Å². The third-order valence-electron chi connectivity index (χ3n) is 7.79. The van der Waals surface area contributed by atoms with Crippen LogP contribution in [0.2, 0.25) is 0 Å². The molecule has 0 aliphatic rings. The van der Waals surface area contributed by atoms with Gasteiger partial charge in [0.1, 0.15) is 11.5 Å². The predicted molar refractivity (Wildman–Crippen MR) is 185 cm³/mol. The summed E-state index contributed by atoms with van der Waals surface area (Å²) in [4.78, 5) is 0. The Morgan fingerprint density at radius 3 is 1.35 bits per heavy atom. The van der Waals surface area contributed by atoms with Crippen molar-refractivity contribution in [2.24, 2.45) is 0 Å². The molecule has 3 aromatic carbocycles. The lowest BCUT2D eigenvalue weighted by Gasteiger charge is -2.28. The van der Waals surface area contributed by atoms with E-state index in [4.69, 9.17) is 18.9 Å². The van der Waals surface area contributed by atoms with Crippen LogP contribution in [0.25, 0.3) is 0 Å². The van der Waals surface area contributed by atoms with Crippen LogP contribution < -0.4 is 25.4 Å². The first kappa shape index (κ1) is 35.1. The van der Waals surface area contributed by atoms with Crippen molar-refractivity contribution in [3.05, 3.63) is 76.9 Å². The van der Waals surface area contributed by atoms with E-state index >= 15 is 0 Å². The molecule has 0 bridgehead atoms. The predicted octanol–water partition coefficient (Wildman–Crippen LogP) is 8.78. The summed E-state index contributed by atoms with van der Waals surface area (Å²) < 4.78 is 24.1. The second-order valence-corrected chi connectivity index (χ2v) is 13.5. The number of hydrogen-bond donors (Lipinski definition) is 0. The van der Waals surface area contributed by atoms with Crippen molar-refractivity contribution in [3.63, 3.8) is 0 Å². The Bertz CT molecular complexity index is 1130. The zero-order valence-corrected chi connectivity index (χ0v) is 28.6. The highest BCUT2D eigenvalue weighted by atomic mass is 31.1. The van der Waals surface area contributed by atoms with Crippen molar-refractivity contribution in [1.29, 1.82) is 0 Å². The van der Waals surface area contributed by atoms with Crippen LogP contribution in [0.4, 0.5) is 0 Å². The van der Waals surface area contributed by atoms with Crippen molar-refractivity contribution >= 4 is 23.8 Å². The Balaban J connectivity index is 2.41. The molecule has 236 valence electrons. The van der Waals surface area contributed by atoms with E-state index < -0.39 is 7.92 Å². The van der Waals surface area contributed by atoms with E-state index in [0.717, 1.165) is 62.9 Å². The number of aryl methyl sites for hydroxylation is 4. The van der Waals surface area contributed by atoms with E-state index in [1.54, 1.807) is 14.2 Å². The molecule has 0 saturated carbocycles. The summed E-state index contributed by atoms with van der Waals surface area (Å²) in [6.07, 6.45) is 13.3. The average Bonchev–Trinajstić information content (AvgIpc) is 3.03. The fourth-order valence-corrected chi connectivity index (χ4v) is 8.21. The molecule has 0 aliphatic heterocycles. The van der Waals surface area contributed by atoms with Crippen LogP contribution in [0.1, 0.15) is 101 Å². The lowest BCUT2D eigenvalue weighted by Crippen LogP contribution is -2.27. The Morgan fingerprint density at radius 1 is 0.535 bits per heavy atom. The maximum absolute atomic E-state index is 6.54. The Hall–Kier alpha value is -2.39. The molecule has 4 nitrogen and oxygen atoms in total. The highest BCUT2D eigenvalue weighted by Gasteiger charge is 2.28. The number of rotatable bonds is 21. The Labute approximate surface area is 263 Å². The van der Waals surface area contributed by atoms with Crippen molar-refractivity contribution in [2.75, 3.05) is 27.8 Å². The molecule has 0 spiro atoms. The lowest BCUT2D eigenvalue weighted by molar-refractivity contribution is 0.0511. The smallest absolute Gasteiger partial charge is 0.188 e. The van der Waals surface area contributed by atoms with Crippen LogP contribution >= 0.6 is 7.92 Å². The summed E-state index contributed by atoms with van der Waals surface area (Å²) in [6.45, 7) is 9.50. The van der Waals surface area contributed by atoms with Crippen LogP contribution in [-0.4, -0.2) is 27.8 Å². The van der Waals surface area contributed by atoms with E-state index in [-0.39, 0.29) is 13.6 Å². The van der Waals surface area contributed by atoms with Crippen LogP contribution in [0, 0.1) is 0 Å². The summed E-state index contributed by atoms with van der Waals surface area (Å²) in [5, 5.41) is 3.81. The van der Waals surface area contributed by atoms with Gasteiger partial charge in [-0.05, 0) is 99.0 Å². The Kier molecular flexibility index (Phi) is 16.2. The number of ether oxygens (including phenoxy) is 4. The van der Waals surface area contributed by atoms with Crippen LogP contribution in [-0.2, 0) is 35.2 Å². The molecule has 0 unspecified atom stereocenters. The molecule has 0 radical (unpaired) electrons. The summed E-state index contributed by atoms with van der Waals surface area (Å²) in [5.41, 5.74) is 5.37. The first-order chi connectivity index (χ1) is 21.1.